The molecule has 3 heterocycles. The van der Waals surface area contributed by atoms with E-state index in [9.17, 15) is 13.5 Å². The van der Waals surface area contributed by atoms with Crippen LogP contribution in [0.1, 0.15) is 32.3 Å². The Bertz CT molecular complexity index is 1580. The second-order valence-electron chi connectivity index (χ2n) is 9.69. The highest BCUT2D eigenvalue weighted by atomic mass is 32.2. The predicted octanol–water partition coefficient (Wildman–Crippen LogP) is 4.21. The molecule has 0 bridgehead atoms. The van der Waals surface area contributed by atoms with Gasteiger partial charge >= 0.3 is 0 Å². The van der Waals surface area contributed by atoms with E-state index in [-0.39, 0.29) is 5.75 Å². The van der Waals surface area contributed by atoms with E-state index in [0.29, 0.717) is 47.2 Å². The Morgan fingerprint density at radius 3 is 2.54 bits per heavy atom. The van der Waals surface area contributed by atoms with Gasteiger partial charge in [-0.1, -0.05) is 31.2 Å². The molecule has 5 rings (SSSR count). The molecule has 0 saturated carbocycles. The summed E-state index contributed by atoms with van der Waals surface area (Å²) in [5.41, 5.74) is 3.26. The number of anilines is 3. The number of rotatable bonds is 9. The summed E-state index contributed by atoms with van der Waals surface area (Å²) >= 11 is 0. The average Bonchev–Trinajstić information content (AvgIpc) is 3.37. The molecule has 0 atom stereocenters. The molecule has 11 heteroatoms. The highest BCUT2D eigenvalue weighted by molar-refractivity contribution is 7.92. The first-order chi connectivity index (χ1) is 18.7. The maximum Gasteiger partial charge on any atom is 0.245 e. The van der Waals surface area contributed by atoms with Crippen molar-refractivity contribution in [2.24, 2.45) is 0 Å². The molecule has 2 aromatic heterocycles. The number of benzene rings is 2. The van der Waals surface area contributed by atoms with E-state index in [1.807, 2.05) is 42.5 Å². The van der Waals surface area contributed by atoms with Gasteiger partial charge in [-0.2, -0.15) is 0 Å². The van der Waals surface area contributed by atoms with Gasteiger partial charge in [0.05, 0.1) is 47.2 Å². The summed E-state index contributed by atoms with van der Waals surface area (Å²) in [4.78, 5) is 6.79. The van der Waals surface area contributed by atoms with Crippen molar-refractivity contribution in [3.8, 4) is 17.0 Å². The summed E-state index contributed by atoms with van der Waals surface area (Å²) < 4.78 is 34.6. The van der Waals surface area contributed by atoms with Gasteiger partial charge in [-0.3, -0.25) is 4.72 Å². The molecule has 2 aromatic carbocycles. The van der Waals surface area contributed by atoms with Gasteiger partial charge < -0.3 is 20.1 Å². The fourth-order valence-electron chi connectivity index (χ4n) is 4.93. The molecule has 1 aliphatic rings. The third-order valence-corrected chi connectivity index (χ3v) is 8.65. The van der Waals surface area contributed by atoms with Crippen LogP contribution >= 0.6 is 0 Å². The van der Waals surface area contributed by atoms with Crippen LogP contribution in [-0.4, -0.2) is 65.5 Å². The van der Waals surface area contributed by atoms with Crippen molar-refractivity contribution in [3.05, 3.63) is 66.4 Å². The monoisotopic (exact) mass is 550 g/mol. The van der Waals surface area contributed by atoms with E-state index >= 15 is 0 Å². The van der Waals surface area contributed by atoms with Crippen LogP contribution in [0.3, 0.4) is 0 Å². The van der Waals surface area contributed by atoms with Crippen molar-refractivity contribution in [1.29, 1.82) is 0 Å². The van der Waals surface area contributed by atoms with Gasteiger partial charge in [0, 0.05) is 18.7 Å². The smallest absolute Gasteiger partial charge is 0.245 e. The number of para-hydroxylation sites is 1. The van der Waals surface area contributed by atoms with Gasteiger partial charge in [0.15, 0.2) is 0 Å². The first-order valence-corrected chi connectivity index (χ1v) is 14.8. The Hall–Kier alpha value is -3.67. The molecular formula is C28H34N6O4S. The zero-order valence-corrected chi connectivity index (χ0v) is 23.2. The van der Waals surface area contributed by atoms with E-state index in [4.69, 9.17) is 9.84 Å². The van der Waals surface area contributed by atoms with E-state index in [1.54, 1.807) is 36.9 Å². The van der Waals surface area contributed by atoms with Crippen molar-refractivity contribution in [2.45, 2.75) is 32.3 Å². The molecule has 1 aliphatic heterocycles. The molecule has 0 amide bonds. The topological polar surface area (TPSA) is 121 Å². The number of nitrogens with one attached hydrogen (secondary N) is 2. The summed E-state index contributed by atoms with van der Waals surface area (Å²) in [6, 6.07) is 16.6. The van der Waals surface area contributed by atoms with Crippen LogP contribution < -0.4 is 14.8 Å². The second kappa shape index (κ2) is 10.8. The van der Waals surface area contributed by atoms with Gasteiger partial charge in [-0.25, -0.2) is 17.9 Å². The molecule has 4 aromatic rings. The van der Waals surface area contributed by atoms with Crippen molar-refractivity contribution in [1.82, 2.24) is 19.5 Å². The van der Waals surface area contributed by atoms with Crippen LogP contribution in [-0.2, 0) is 15.6 Å². The van der Waals surface area contributed by atoms with Crippen molar-refractivity contribution < 1.29 is 18.3 Å². The summed E-state index contributed by atoms with van der Waals surface area (Å²) in [7, 11) is -1.86. The zero-order chi connectivity index (χ0) is 27.6. The number of hydrogen-bond acceptors (Lipinski definition) is 8. The van der Waals surface area contributed by atoms with E-state index in [2.05, 4.69) is 26.8 Å². The molecular weight excluding hydrogens is 516 g/mol. The molecule has 0 spiro atoms. The Kier molecular flexibility index (Phi) is 7.48. The molecule has 10 nitrogen and oxygen atoms in total. The van der Waals surface area contributed by atoms with Crippen LogP contribution in [0.2, 0.25) is 0 Å². The van der Waals surface area contributed by atoms with Crippen LogP contribution in [0.4, 0.5) is 17.3 Å². The summed E-state index contributed by atoms with van der Waals surface area (Å²) in [5, 5.41) is 19.3. The van der Waals surface area contributed by atoms with Crippen LogP contribution in [0.15, 0.2) is 60.8 Å². The SMILES string of the molecule is CCN1CCC(O)(c2ccc(Nc3ncc4ccc(-c5ccccc5NS(=O)(=O)CC)n4n3)c(OC)c2)CC1. The number of methoxy groups -OCH3 is 1. The van der Waals surface area contributed by atoms with Gasteiger partial charge in [0.25, 0.3) is 0 Å². The fourth-order valence-corrected chi connectivity index (χ4v) is 5.59. The average molecular weight is 551 g/mol. The quantitative estimate of drug-likeness (QED) is 0.283. The number of nitrogens with zero attached hydrogens (tertiary/aromatic N) is 4. The van der Waals surface area contributed by atoms with E-state index in [1.165, 1.54) is 0 Å². The number of aliphatic hydroxyl groups is 1. The van der Waals surface area contributed by atoms with Crippen molar-refractivity contribution in [3.63, 3.8) is 0 Å². The molecule has 206 valence electrons. The van der Waals surface area contributed by atoms with Gasteiger partial charge in [0.2, 0.25) is 16.0 Å². The van der Waals surface area contributed by atoms with Gasteiger partial charge in [-0.05, 0) is 62.2 Å². The third-order valence-electron chi connectivity index (χ3n) is 7.36. The Morgan fingerprint density at radius 2 is 1.82 bits per heavy atom. The second-order valence-corrected chi connectivity index (χ2v) is 11.7. The molecule has 0 radical (unpaired) electrons. The van der Waals surface area contributed by atoms with Crippen molar-refractivity contribution >= 4 is 32.9 Å². The molecule has 1 saturated heterocycles. The molecule has 39 heavy (non-hydrogen) atoms. The number of ether oxygens (including phenoxy) is 1. The summed E-state index contributed by atoms with van der Waals surface area (Å²) in [6.07, 6.45) is 3.04. The fraction of sp³-hybridized carbons (Fsp3) is 0.357. The highest BCUT2D eigenvalue weighted by Crippen LogP contribution is 2.38. The maximum atomic E-state index is 12.3. The predicted molar refractivity (Wildman–Crippen MR) is 153 cm³/mol. The third kappa shape index (κ3) is 5.56. The Morgan fingerprint density at radius 1 is 1.05 bits per heavy atom. The number of fused-ring (bicyclic) bond motifs is 1. The first kappa shape index (κ1) is 26.9. The van der Waals surface area contributed by atoms with Crippen LogP contribution in [0.25, 0.3) is 16.8 Å². The van der Waals surface area contributed by atoms with Crippen molar-refractivity contribution in [2.75, 3.05) is 42.5 Å². The number of aromatic nitrogens is 3. The lowest BCUT2D eigenvalue weighted by atomic mass is 9.84. The maximum absolute atomic E-state index is 12.3. The molecule has 1 fully saturated rings. The number of hydrogen-bond donors (Lipinski definition) is 3. The lowest BCUT2D eigenvalue weighted by Gasteiger charge is -2.38. The number of likely N-dealkylation sites (tertiary alicyclic amines) is 1. The lowest BCUT2D eigenvalue weighted by molar-refractivity contribution is -0.0248. The normalized spacial score (nSPS) is 15.8. The summed E-state index contributed by atoms with van der Waals surface area (Å²) in [6.45, 7) is 6.42. The molecule has 3 N–H and O–H groups in total. The first-order valence-electron chi connectivity index (χ1n) is 13.1. The standard InChI is InChI=1S/C28H34N6O4S/c1-4-33-16-14-28(35,15-17-33)20-10-12-24(26(18-20)38-3)30-27-29-19-21-11-13-25(34(21)31-27)22-8-6-7-9-23(22)32-39(36,37)5-2/h6-13,18-19,32,35H,4-5,14-17H2,1-3H3,(H,30,31). The minimum Gasteiger partial charge on any atom is -0.495 e. The largest absolute Gasteiger partial charge is 0.495 e. The molecule has 0 aliphatic carbocycles. The molecule has 0 unspecified atom stereocenters. The Balaban J connectivity index is 1.44. The number of piperidine rings is 1. The van der Waals surface area contributed by atoms with Crippen LogP contribution in [0, 0.1) is 0 Å². The Labute approximate surface area is 228 Å². The lowest BCUT2D eigenvalue weighted by Crippen LogP contribution is -2.42. The highest BCUT2D eigenvalue weighted by Gasteiger charge is 2.34. The minimum absolute atomic E-state index is 0.0261. The number of sulfonamides is 1. The minimum atomic E-state index is -3.45. The van der Waals surface area contributed by atoms with E-state index < -0.39 is 15.6 Å². The van der Waals surface area contributed by atoms with Crippen LogP contribution in [0.5, 0.6) is 5.75 Å². The van der Waals surface area contributed by atoms with Gasteiger partial charge in [-0.15, -0.1) is 5.10 Å². The van der Waals surface area contributed by atoms with E-state index in [0.717, 1.165) is 30.7 Å². The summed E-state index contributed by atoms with van der Waals surface area (Å²) in [5.74, 6) is 0.893. The zero-order valence-electron chi connectivity index (χ0n) is 22.4. The van der Waals surface area contributed by atoms with Gasteiger partial charge in [0.1, 0.15) is 5.75 Å².